The van der Waals surface area contributed by atoms with Gasteiger partial charge >= 0.3 is 0 Å². The normalized spacial score (nSPS) is 10.1. The monoisotopic (exact) mass is 249 g/mol. The summed E-state index contributed by atoms with van der Waals surface area (Å²) in [5.41, 5.74) is 0.414. The molecule has 72 valence electrons. The Balaban J connectivity index is 2.56. The van der Waals surface area contributed by atoms with E-state index >= 15 is 0 Å². The number of hydrogen-bond donors (Lipinski definition) is 1. The molecule has 4 heteroatoms. The van der Waals surface area contributed by atoms with Crippen LogP contribution in [-0.2, 0) is 0 Å². The van der Waals surface area contributed by atoms with E-state index in [1.54, 1.807) is 12.1 Å². The predicted molar refractivity (Wildman–Crippen MR) is 53.2 cm³/mol. The third-order valence-corrected chi connectivity index (χ3v) is 2.05. The average Bonchev–Trinajstić information content (AvgIpc) is 2.09. The van der Waals surface area contributed by atoms with Crippen LogP contribution >= 0.6 is 15.9 Å². The second-order valence-corrected chi connectivity index (χ2v) is 3.51. The fourth-order valence-corrected chi connectivity index (χ4v) is 1.26. The Labute approximate surface area is 84.3 Å². The number of alkyl halides is 1. The van der Waals surface area contributed by atoms with Crippen LogP contribution in [0, 0.1) is 5.82 Å². The molecule has 0 aliphatic heterocycles. The number of hydrogen-bond acceptors (Lipinski definition) is 1. The van der Waals surface area contributed by atoms with Gasteiger partial charge in [0.05, 0.1) is 12.4 Å². The van der Waals surface area contributed by atoms with Gasteiger partial charge in [-0.15, -0.1) is 0 Å². The highest BCUT2D eigenvalue weighted by molar-refractivity contribution is 9.10. The van der Waals surface area contributed by atoms with Crippen LogP contribution in [-0.4, -0.2) is 13.2 Å². The molecule has 0 saturated heterocycles. The highest BCUT2D eigenvalue weighted by Gasteiger charge is 2.00. The van der Waals surface area contributed by atoms with E-state index in [0.29, 0.717) is 23.1 Å². The van der Waals surface area contributed by atoms with Crippen molar-refractivity contribution in [3.05, 3.63) is 28.5 Å². The first-order valence-electron chi connectivity index (χ1n) is 3.99. The van der Waals surface area contributed by atoms with E-state index in [-0.39, 0.29) is 12.5 Å². The molecule has 1 aromatic carbocycles. The van der Waals surface area contributed by atoms with Crippen molar-refractivity contribution in [3.63, 3.8) is 0 Å². The molecule has 1 nitrogen and oxygen atoms in total. The summed E-state index contributed by atoms with van der Waals surface area (Å²) in [4.78, 5) is 0. The smallest absolute Gasteiger partial charge is 0.147 e. The number of rotatable bonds is 4. The van der Waals surface area contributed by atoms with Gasteiger partial charge < -0.3 is 5.32 Å². The molecule has 13 heavy (non-hydrogen) atoms. The van der Waals surface area contributed by atoms with Crippen LogP contribution in [0.5, 0.6) is 0 Å². The Hall–Kier alpha value is -0.640. The Morgan fingerprint density at radius 3 is 2.77 bits per heavy atom. The summed E-state index contributed by atoms with van der Waals surface area (Å²) in [6.07, 6.45) is 0.398. The molecule has 0 fully saturated rings. The zero-order valence-corrected chi connectivity index (χ0v) is 8.57. The molecule has 0 atom stereocenters. The van der Waals surface area contributed by atoms with Gasteiger partial charge in [0, 0.05) is 11.0 Å². The minimum Gasteiger partial charge on any atom is -0.383 e. The molecule has 0 aromatic heterocycles. The maximum Gasteiger partial charge on any atom is 0.147 e. The molecule has 0 bridgehead atoms. The van der Waals surface area contributed by atoms with E-state index in [0.717, 1.165) is 0 Å². The second kappa shape index (κ2) is 5.17. The summed E-state index contributed by atoms with van der Waals surface area (Å²) in [5.74, 6) is -0.326. The van der Waals surface area contributed by atoms with Crippen molar-refractivity contribution < 1.29 is 8.78 Å². The van der Waals surface area contributed by atoms with Gasteiger partial charge in [-0.2, -0.15) is 0 Å². The van der Waals surface area contributed by atoms with E-state index in [1.165, 1.54) is 6.07 Å². The van der Waals surface area contributed by atoms with Gasteiger partial charge in [-0.3, -0.25) is 4.39 Å². The van der Waals surface area contributed by atoms with Gasteiger partial charge in [-0.25, -0.2) is 4.39 Å². The standard InChI is InChI=1S/C9H10BrF2N/c10-7-2-3-9(8(12)6-7)13-5-1-4-11/h2-3,6,13H,1,4-5H2. The topological polar surface area (TPSA) is 12.0 Å². The van der Waals surface area contributed by atoms with Crippen molar-refractivity contribution in [3.8, 4) is 0 Å². The summed E-state index contributed by atoms with van der Waals surface area (Å²) in [5, 5.41) is 2.81. The Morgan fingerprint density at radius 1 is 1.38 bits per heavy atom. The summed E-state index contributed by atoms with van der Waals surface area (Å²) in [7, 11) is 0. The van der Waals surface area contributed by atoms with Crippen molar-refractivity contribution in [1.82, 2.24) is 0 Å². The van der Waals surface area contributed by atoms with Crippen LogP contribution in [0.3, 0.4) is 0 Å². The molecule has 0 spiro atoms. The molecule has 0 aliphatic carbocycles. The zero-order chi connectivity index (χ0) is 9.68. The minimum absolute atomic E-state index is 0.326. The van der Waals surface area contributed by atoms with Gasteiger partial charge in [0.15, 0.2) is 0 Å². The number of halogens is 3. The van der Waals surface area contributed by atoms with Crippen molar-refractivity contribution in [1.29, 1.82) is 0 Å². The van der Waals surface area contributed by atoms with Crippen molar-refractivity contribution in [2.45, 2.75) is 6.42 Å². The number of benzene rings is 1. The highest BCUT2D eigenvalue weighted by Crippen LogP contribution is 2.18. The molecule has 0 aliphatic rings. The molecular formula is C9H10BrF2N. The highest BCUT2D eigenvalue weighted by atomic mass is 79.9. The molecule has 1 aromatic rings. The zero-order valence-electron chi connectivity index (χ0n) is 6.99. The first kappa shape index (κ1) is 10.4. The summed E-state index contributed by atoms with van der Waals surface area (Å²) in [6.45, 7) is 0.0696. The van der Waals surface area contributed by atoms with E-state index in [2.05, 4.69) is 21.2 Å². The second-order valence-electron chi connectivity index (χ2n) is 2.59. The SMILES string of the molecule is FCCCNc1ccc(Br)cc1F. The Kier molecular flexibility index (Phi) is 4.15. The van der Waals surface area contributed by atoms with Gasteiger partial charge in [0.1, 0.15) is 5.82 Å². The van der Waals surface area contributed by atoms with Crippen molar-refractivity contribution in [2.75, 3.05) is 18.5 Å². The largest absolute Gasteiger partial charge is 0.383 e. The maximum atomic E-state index is 13.1. The lowest BCUT2D eigenvalue weighted by atomic mass is 10.3. The summed E-state index contributed by atoms with van der Waals surface area (Å²) < 4.78 is 25.5. The van der Waals surface area contributed by atoms with Gasteiger partial charge in [0.2, 0.25) is 0 Å². The third kappa shape index (κ3) is 3.30. The molecule has 0 saturated carbocycles. The molecule has 0 unspecified atom stereocenters. The van der Waals surface area contributed by atoms with Crippen LogP contribution in [0.25, 0.3) is 0 Å². The molecule has 1 rings (SSSR count). The van der Waals surface area contributed by atoms with Gasteiger partial charge in [-0.1, -0.05) is 15.9 Å². The van der Waals surface area contributed by atoms with E-state index < -0.39 is 0 Å². The van der Waals surface area contributed by atoms with Crippen LogP contribution in [0.4, 0.5) is 14.5 Å². The molecule has 1 N–H and O–H groups in total. The lowest BCUT2D eigenvalue weighted by Crippen LogP contribution is -2.03. The van der Waals surface area contributed by atoms with Crippen molar-refractivity contribution in [2.24, 2.45) is 0 Å². The van der Waals surface area contributed by atoms with Crippen molar-refractivity contribution >= 4 is 21.6 Å². The van der Waals surface area contributed by atoms with Crippen LogP contribution in [0.15, 0.2) is 22.7 Å². The number of nitrogens with one attached hydrogen (secondary N) is 1. The van der Waals surface area contributed by atoms with Crippen LogP contribution < -0.4 is 5.32 Å². The number of anilines is 1. The first-order valence-corrected chi connectivity index (χ1v) is 4.78. The predicted octanol–water partition coefficient (Wildman–Crippen LogP) is 3.36. The first-order chi connectivity index (χ1) is 6.24. The molecule has 0 heterocycles. The molecule has 0 radical (unpaired) electrons. The fraction of sp³-hybridized carbons (Fsp3) is 0.333. The van der Waals surface area contributed by atoms with E-state index in [9.17, 15) is 8.78 Å². The molecule has 0 amide bonds. The Morgan fingerprint density at radius 2 is 2.15 bits per heavy atom. The quantitative estimate of drug-likeness (QED) is 0.808. The average molecular weight is 250 g/mol. The minimum atomic E-state index is -0.384. The Bertz CT molecular complexity index is 278. The van der Waals surface area contributed by atoms with Crippen LogP contribution in [0.2, 0.25) is 0 Å². The van der Waals surface area contributed by atoms with Gasteiger partial charge in [-0.05, 0) is 24.6 Å². The van der Waals surface area contributed by atoms with E-state index in [4.69, 9.17) is 0 Å². The fourth-order valence-electron chi connectivity index (χ4n) is 0.923. The lowest BCUT2D eigenvalue weighted by Gasteiger charge is -2.05. The maximum absolute atomic E-state index is 13.1. The van der Waals surface area contributed by atoms with Crippen LogP contribution in [0.1, 0.15) is 6.42 Å². The van der Waals surface area contributed by atoms with E-state index in [1.807, 2.05) is 0 Å². The van der Waals surface area contributed by atoms with Gasteiger partial charge in [0.25, 0.3) is 0 Å². The summed E-state index contributed by atoms with van der Waals surface area (Å²) >= 11 is 3.15. The third-order valence-electron chi connectivity index (χ3n) is 1.56. The summed E-state index contributed by atoms with van der Waals surface area (Å²) in [6, 6.07) is 4.73. The molecular weight excluding hydrogens is 240 g/mol. The lowest BCUT2D eigenvalue weighted by molar-refractivity contribution is 0.480.